The summed E-state index contributed by atoms with van der Waals surface area (Å²) in [5.41, 5.74) is 3.82. The van der Waals surface area contributed by atoms with Crippen molar-refractivity contribution < 1.29 is 14.7 Å². The number of amides is 2. The summed E-state index contributed by atoms with van der Waals surface area (Å²) in [4.78, 5) is 38.9. The summed E-state index contributed by atoms with van der Waals surface area (Å²) >= 11 is 0. The van der Waals surface area contributed by atoms with Crippen LogP contribution in [-0.4, -0.2) is 21.9 Å². The molecule has 0 aliphatic rings. The number of benzene rings is 1. The van der Waals surface area contributed by atoms with Gasteiger partial charge in [-0.1, -0.05) is 76.8 Å². The molecule has 1 aromatic heterocycles. The molecule has 164 valence electrons. The second-order valence-corrected chi connectivity index (χ2v) is 7.66. The van der Waals surface area contributed by atoms with Crippen LogP contribution in [0.25, 0.3) is 10.9 Å². The van der Waals surface area contributed by atoms with E-state index in [9.17, 15) is 19.5 Å². The standard InChI is InChI=1S/C23H33N3O4/c1-2-3-4-5-6-7-8-9-10-11-16-19(27)25-26-23(30)20-21(28)17-14-12-13-15-18(17)24-22(20)29/h12-15H,2-11,16H2,1H3,(H,25,27)(H,26,30)(H2,24,28,29). The first-order chi connectivity index (χ1) is 14.5. The van der Waals surface area contributed by atoms with Gasteiger partial charge in [0.05, 0.1) is 5.52 Å². The van der Waals surface area contributed by atoms with E-state index in [0.29, 0.717) is 17.3 Å². The van der Waals surface area contributed by atoms with E-state index in [-0.39, 0.29) is 5.91 Å². The Kier molecular flexibility index (Phi) is 9.91. The molecule has 2 aromatic rings. The lowest BCUT2D eigenvalue weighted by atomic mass is 10.1. The number of unbranched alkanes of at least 4 members (excludes halogenated alkanes) is 9. The molecule has 7 heteroatoms. The van der Waals surface area contributed by atoms with Gasteiger partial charge in [-0.05, 0) is 18.6 Å². The Morgan fingerprint density at radius 3 is 2.17 bits per heavy atom. The maximum Gasteiger partial charge on any atom is 0.279 e. The number of carbonyl (C=O) groups is 2. The fourth-order valence-corrected chi connectivity index (χ4v) is 3.46. The molecule has 0 aliphatic carbocycles. The number of aromatic amines is 1. The van der Waals surface area contributed by atoms with Crippen molar-refractivity contribution in [3.05, 3.63) is 40.2 Å². The summed E-state index contributed by atoms with van der Waals surface area (Å²) in [7, 11) is 0. The molecule has 7 nitrogen and oxygen atoms in total. The molecule has 0 unspecified atom stereocenters. The van der Waals surface area contributed by atoms with Gasteiger partial charge in [-0.25, -0.2) is 0 Å². The Labute approximate surface area is 177 Å². The van der Waals surface area contributed by atoms with Crippen LogP contribution >= 0.6 is 0 Å². The third-order valence-electron chi connectivity index (χ3n) is 5.19. The van der Waals surface area contributed by atoms with E-state index in [4.69, 9.17) is 0 Å². The Balaban J connectivity index is 1.67. The fraction of sp³-hybridized carbons (Fsp3) is 0.522. The van der Waals surface area contributed by atoms with E-state index in [1.165, 1.54) is 44.9 Å². The number of para-hydroxylation sites is 1. The van der Waals surface area contributed by atoms with E-state index in [2.05, 4.69) is 22.8 Å². The van der Waals surface area contributed by atoms with Gasteiger partial charge in [0.25, 0.3) is 11.5 Å². The SMILES string of the molecule is CCCCCCCCCCCCC(=O)NNC(=O)c1c(O)c2ccccc2[nH]c1=O. The first kappa shape index (κ1) is 23.4. The Hall–Kier alpha value is -2.83. The zero-order chi connectivity index (χ0) is 21.8. The van der Waals surface area contributed by atoms with Crippen molar-refractivity contribution in [2.24, 2.45) is 0 Å². The number of carbonyl (C=O) groups excluding carboxylic acids is 2. The van der Waals surface area contributed by atoms with Crippen molar-refractivity contribution in [3.8, 4) is 5.75 Å². The quantitative estimate of drug-likeness (QED) is 0.306. The lowest BCUT2D eigenvalue weighted by Crippen LogP contribution is -2.43. The number of rotatable bonds is 12. The van der Waals surface area contributed by atoms with Crippen molar-refractivity contribution >= 4 is 22.7 Å². The zero-order valence-corrected chi connectivity index (χ0v) is 17.8. The zero-order valence-electron chi connectivity index (χ0n) is 17.8. The molecule has 0 aliphatic heterocycles. The second kappa shape index (κ2) is 12.7. The van der Waals surface area contributed by atoms with Gasteiger partial charge in [0.2, 0.25) is 5.91 Å². The fourth-order valence-electron chi connectivity index (χ4n) is 3.46. The summed E-state index contributed by atoms with van der Waals surface area (Å²) in [6, 6.07) is 6.63. The van der Waals surface area contributed by atoms with Crippen molar-refractivity contribution in [3.63, 3.8) is 0 Å². The number of pyridine rings is 1. The van der Waals surface area contributed by atoms with Crippen LogP contribution in [0, 0.1) is 0 Å². The molecule has 4 N–H and O–H groups in total. The highest BCUT2D eigenvalue weighted by Crippen LogP contribution is 2.24. The summed E-state index contributed by atoms with van der Waals surface area (Å²) in [6.07, 6.45) is 12.1. The average Bonchev–Trinajstić information content (AvgIpc) is 2.73. The minimum atomic E-state index is -0.851. The molecule has 1 heterocycles. The summed E-state index contributed by atoms with van der Waals surface area (Å²) in [6.45, 7) is 2.22. The van der Waals surface area contributed by atoms with Gasteiger partial charge in [-0.15, -0.1) is 0 Å². The maximum atomic E-state index is 12.3. The third-order valence-corrected chi connectivity index (χ3v) is 5.19. The summed E-state index contributed by atoms with van der Waals surface area (Å²) in [5.74, 6) is -1.58. The first-order valence-electron chi connectivity index (χ1n) is 11.0. The highest BCUT2D eigenvalue weighted by atomic mass is 16.3. The number of hydrogen-bond donors (Lipinski definition) is 4. The van der Waals surface area contributed by atoms with Crippen LogP contribution in [0.3, 0.4) is 0 Å². The molecular weight excluding hydrogens is 382 g/mol. The van der Waals surface area contributed by atoms with Crippen molar-refractivity contribution in [1.82, 2.24) is 15.8 Å². The topological polar surface area (TPSA) is 111 Å². The van der Waals surface area contributed by atoms with Crippen LogP contribution in [0.4, 0.5) is 0 Å². The number of nitrogens with one attached hydrogen (secondary N) is 3. The van der Waals surface area contributed by atoms with E-state index < -0.39 is 22.8 Å². The highest BCUT2D eigenvalue weighted by Gasteiger charge is 2.19. The molecule has 1 aromatic carbocycles. The molecule has 0 bridgehead atoms. The van der Waals surface area contributed by atoms with E-state index in [1.54, 1.807) is 24.3 Å². The van der Waals surface area contributed by atoms with Crippen molar-refractivity contribution in [1.29, 1.82) is 0 Å². The number of fused-ring (bicyclic) bond motifs is 1. The van der Waals surface area contributed by atoms with Crippen LogP contribution in [0.2, 0.25) is 0 Å². The summed E-state index contributed by atoms with van der Waals surface area (Å²) < 4.78 is 0. The minimum Gasteiger partial charge on any atom is -0.506 e. The monoisotopic (exact) mass is 415 g/mol. The molecule has 0 radical (unpaired) electrons. The average molecular weight is 416 g/mol. The molecular formula is C23H33N3O4. The Morgan fingerprint density at radius 1 is 0.900 bits per heavy atom. The molecule has 0 fully saturated rings. The van der Waals surface area contributed by atoms with Gasteiger partial charge in [0.1, 0.15) is 11.3 Å². The molecule has 0 spiro atoms. The van der Waals surface area contributed by atoms with Gasteiger partial charge in [-0.2, -0.15) is 0 Å². The van der Waals surface area contributed by atoms with E-state index >= 15 is 0 Å². The van der Waals surface area contributed by atoms with Crippen LogP contribution in [0.1, 0.15) is 87.9 Å². The molecule has 0 atom stereocenters. The normalized spacial score (nSPS) is 10.8. The van der Waals surface area contributed by atoms with Crippen molar-refractivity contribution in [2.45, 2.75) is 77.6 Å². The number of hydrazine groups is 1. The third kappa shape index (κ3) is 7.21. The van der Waals surface area contributed by atoms with Crippen molar-refractivity contribution in [2.75, 3.05) is 0 Å². The lowest BCUT2D eigenvalue weighted by Gasteiger charge is -2.09. The Bertz CT molecular complexity index is 892. The smallest absolute Gasteiger partial charge is 0.279 e. The summed E-state index contributed by atoms with van der Waals surface area (Å²) in [5, 5.41) is 10.6. The number of aromatic hydroxyl groups is 1. The number of aromatic nitrogens is 1. The van der Waals surface area contributed by atoms with Gasteiger partial charge in [0.15, 0.2) is 0 Å². The van der Waals surface area contributed by atoms with Gasteiger partial charge < -0.3 is 10.1 Å². The van der Waals surface area contributed by atoms with E-state index in [0.717, 1.165) is 19.3 Å². The minimum absolute atomic E-state index is 0.302. The largest absolute Gasteiger partial charge is 0.506 e. The second-order valence-electron chi connectivity index (χ2n) is 7.66. The molecule has 2 rings (SSSR count). The van der Waals surface area contributed by atoms with Gasteiger partial charge in [0, 0.05) is 11.8 Å². The highest BCUT2D eigenvalue weighted by molar-refractivity contribution is 6.02. The van der Waals surface area contributed by atoms with Crippen LogP contribution in [0.15, 0.2) is 29.1 Å². The first-order valence-corrected chi connectivity index (χ1v) is 11.0. The van der Waals surface area contributed by atoms with Crippen LogP contribution < -0.4 is 16.4 Å². The molecule has 0 saturated carbocycles. The predicted octanol–water partition coefficient (Wildman–Crippen LogP) is 4.31. The molecule has 30 heavy (non-hydrogen) atoms. The van der Waals surface area contributed by atoms with Crippen LogP contribution in [0.5, 0.6) is 5.75 Å². The van der Waals surface area contributed by atoms with Gasteiger partial charge >= 0.3 is 0 Å². The van der Waals surface area contributed by atoms with Gasteiger partial charge in [-0.3, -0.25) is 25.2 Å². The maximum absolute atomic E-state index is 12.3. The van der Waals surface area contributed by atoms with E-state index in [1.807, 2.05) is 0 Å². The molecule has 0 saturated heterocycles. The lowest BCUT2D eigenvalue weighted by molar-refractivity contribution is -0.122. The number of hydrogen-bond acceptors (Lipinski definition) is 4. The Morgan fingerprint density at radius 2 is 1.50 bits per heavy atom. The van der Waals surface area contributed by atoms with Crippen LogP contribution in [-0.2, 0) is 4.79 Å². The molecule has 2 amide bonds. The number of H-pyrrole nitrogens is 1. The predicted molar refractivity (Wildman–Crippen MR) is 118 cm³/mol.